The van der Waals surface area contributed by atoms with E-state index in [4.69, 9.17) is 5.11 Å². The Kier molecular flexibility index (Phi) is 5.70. The van der Waals surface area contributed by atoms with E-state index in [1.165, 1.54) is 19.3 Å². The van der Waals surface area contributed by atoms with Crippen LogP contribution in [0.4, 0.5) is 0 Å². The van der Waals surface area contributed by atoms with Crippen molar-refractivity contribution in [3.8, 4) is 0 Å². The summed E-state index contributed by atoms with van der Waals surface area (Å²) in [6.45, 7) is 1.68. The lowest BCUT2D eigenvalue weighted by Crippen LogP contribution is -2.25. The van der Waals surface area contributed by atoms with Crippen LogP contribution >= 0.6 is 11.8 Å². The Morgan fingerprint density at radius 2 is 2.00 bits per heavy atom. The maximum Gasteiger partial charge on any atom is 0.303 e. The van der Waals surface area contributed by atoms with Gasteiger partial charge in [-0.05, 0) is 56.3 Å². The van der Waals surface area contributed by atoms with Gasteiger partial charge in [-0.3, -0.25) is 9.59 Å². The lowest BCUT2D eigenvalue weighted by atomic mass is 9.86. The molecule has 112 valence electrons. The van der Waals surface area contributed by atoms with E-state index in [-0.39, 0.29) is 11.5 Å². The van der Waals surface area contributed by atoms with Crippen molar-refractivity contribution in [2.45, 2.75) is 57.1 Å². The molecular formula is C16H24O3S. The van der Waals surface area contributed by atoms with E-state index in [0.717, 1.165) is 24.7 Å². The Balaban J connectivity index is 1.77. The van der Waals surface area contributed by atoms with Crippen molar-refractivity contribution in [2.24, 2.45) is 17.8 Å². The number of thioether (sulfide) groups is 1. The molecule has 1 N–H and O–H groups in total. The van der Waals surface area contributed by atoms with Crippen molar-refractivity contribution in [1.29, 1.82) is 0 Å². The van der Waals surface area contributed by atoms with Gasteiger partial charge in [0.15, 0.2) is 5.12 Å². The van der Waals surface area contributed by atoms with E-state index in [1.807, 2.05) is 0 Å². The highest BCUT2D eigenvalue weighted by Gasteiger charge is 2.47. The van der Waals surface area contributed by atoms with Crippen LogP contribution < -0.4 is 0 Å². The number of fused-ring (bicyclic) bond motifs is 2. The Bertz CT molecular complexity index is 391. The molecule has 0 aliphatic heterocycles. The van der Waals surface area contributed by atoms with Gasteiger partial charge in [0.1, 0.15) is 0 Å². The van der Waals surface area contributed by atoms with E-state index < -0.39 is 5.97 Å². The first kappa shape index (κ1) is 15.6. The van der Waals surface area contributed by atoms with Crippen molar-refractivity contribution in [1.82, 2.24) is 0 Å². The highest BCUT2D eigenvalue weighted by atomic mass is 32.2. The largest absolute Gasteiger partial charge is 0.481 e. The Morgan fingerprint density at radius 3 is 2.70 bits per heavy atom. The highest BCUT2D eigenvalue weighted by Crippen LogP contribution is 2.54. The van der Waals surface area contributed by atoms with Gasteiger partial charge >= 0.3 is 5.97 Å². The summed E-state index contributed by atoms with van der Waals surface area (Å²) in [7, 11) is 0. The fourth-order valence-corrected chi connectivity index (χ4v) is 5.13. The van der Waals surface area contributed by atoms with Crippen LogP contribution in [-0.2, 0) is 9.59 Å². The Labute approximate surface area is 125 Å². The molecule has 2 bridgehead atoms. The number of hydrogen-bond acceptors (Lipinski definition) is 3. The maximum absolute atomic E-state index is 11.4. The second-order valence-electron chi connectivity index (χ2n) is 6.06. The summed E-state index contributed by atoms with van der Waals surface area (Å²) >= 11 is 1.55. The van der Waals surface area contributed by atoms with Gasteiger partial charge in [-0.2, -0.15) is 0 Å². The number of aliphatic carboxylic acids is 1. The Morgan fingerprint density at radius 1 is 1.25 bits per heavy atom. The summed E-state index contributed by atoms with van der Waals surface area (Å²) in [5, 5.41) is 9.35. The van der Waals surface area contributed by atoms with E-state index in [1.54, 1.807) is 18.7 Å². The van der Waals surface area contributed by atoms with Crippen LogP contribution in [0.25, 0.3) is 0 Å². The molecule has 4 heteroatoms. The van der Waals surface area contributed by atoms with E-state index in [9.17, 15) is 9.59 Å². The van der Waals surface area contributed by atoms with Gasteiger partial charge in [-0.25, -0.2) is 0 Å². The fraction of sp³-hybridized carbons (Fsp3) is 0.750. The molecule has 2 saturated carbocycles. The number of allylic oxidation sites excluding steroid dienone is 2. The first-order chi connectivity index (χ1) is 9.58. The molecular weight excluding hydrogens is 272 g/mol. The summed E-state index contributed by atoms with van der Waals surface area (Å²) in [6.07, 6.45) is 11.1. The normalized spacial score (nSPS) is 32.0. The van der Waals surface area contributed by atoms with Crippen LogP contribution in [0, 0.1) is 17.8 Å². The molecule has 0 aromatic heterocycles. The zero-order chi connectivity index (χ0) is 14.5. The van der Waals surface area contributed by atoms with Crippen LogP contribution in [0.2, 0.25) is 0 Å². The molecule has 0 spiro atoms. The smallest absolute Gasteiger partial charge is 0.303 e. The van der Waals surface area contributed by atoms with Gasteiger partial charge in [-0.1, -0.05) is 23.9 Å². The standard InChI is InChI=1S/C16H24O3S/c1-11(17)20-16-13-9-8-12(10-13)14(16)6-4-2-3-5-7-15(18)19/h2,4,12-14,16H,3,5-10H2,1H3,(H,18,19)/t12-,13+,14-,16-/m1/s1. The van der Waals surface area contributed by atoms with Crippen molar-refractivity contribution < 1.29 is 14.7 Å². The maximum atomic E-state index is 11.4. The average molecular weight is 296 g/mol. The SMILES string of the molecule is CC(=O)S[C@@H]1[C@H]2CC[C@H](C2)[C@H]1CC=CCCCC(=O)O. The predicted octanol–water partition coefficient (Wildman–Crippen LogP) is 3.88. The van der Waals surface area contributed by atoms with Gasteiger partial charge in [0, 0.05) is 18.6 Å². The average Bonchev–Trinajstić information content (AvgIpc) is 2.94. The molecule has 4 atom stereocenters. The topological polar surface area (TPSA) is 54.4 Å². The minimum absolute atomic E-state index is 0.248. The summed E-state index contributed by atoms with van der Waals surface area (Å²) in [5.74, 6) is 1.49. The minimum atomic E-state index is -0.718. The monoisotopic (exact) mass is 296 g/mol. The number of unbranched alkanes of at least 4 members (excludes halogenated alkanes) is 1. The summed E-state index contributed by atoms with van der Waals surface area (Å²) in [6, 6.07) is 0. The van der Waals surface area contributed by atoms with Crippen molar-refractivity contribution in [3.05, 3.63) is 12.2 Å². The third-order valence-corrected chi connectivity index (χ3v) is 5.98. The molecule has 3 nitrogen and oxygen atoms in total. The lowest BCUT2D eigenvalue weighted by molar-refractivity contribution is -0.137. The first-order valence-corrected chi connectivity index (χ1v) is 8.50. The number of carbonyl (C=O) groups is 2. The number of hydrogen-bond donors (Lipinski definition) is 1. The summed E-state index contributed by atoms with van der Waals surface area (Å²) < 4.78 is 0. The predicted molar refractivity (Wildman–Crippen MR) is 81.6 cm³/mol. The zero-order valence-corrected chi connectivity index (χ0v) is 12.9. The molecule has 2 fully saturated rings. The second kappa shape index (κ2) is 7.30. The number of carbonyl (C=O) groups excluding carboxylic acids is 1. The minimum Gasteiger partial charge on any atom is -0.481 e. The van der Waals surface area contributed by atoms with Gasteiger partial charge in [0.25, 0.3) is 0 Å². The quantitative estimate of drug-likeness (QED) is 0.572. The number of rotatable bonds is 7. The molecule has 0 amide bonds. The molecule has 0 aromatic rings. The number of carboxylic acids is 1. The van der Waals surface area contributed by atoms with E-state index >= 15 is 0 Å². The molecule has 0 unspecified atom stereocenters. The van der Waals surface area contributed by atoms with Gasteiger partial charge < -0.3 is 5.11 Å². The van der Waals surface area contributed by atoms with Gasteiger partial charge in [-0.15, -0.1) is 0 Å². The van der Waals surface area contributed by atoms with Crippen LogP contribution in [0.15, 0.2) is 12.2 Å². The molecule has 2 aliphatic carbocycles. The molecule has 0 heterocycles. The van der Waals surface area contributed by atoms with Gasteiger partial charge in [0.2, 0.25) is 0 Å². The van der Waals surface area contributed by atoms with Crippen molar-refractivity contribution in [3.63, 3.8) is 0 Å². The molecule has 0 radical (unpaired) electrons. The molecule has 0 saturated heterocycles. The first-order valence-electron chi connectivity index (χ1n) is 7.62. The fourth-order valence-electron chi connectivity index (χ4n) is 3.80. The Hall–Kier alpha value is -0.770. The van der Waals surface area contributed by atoms with Crippen LogP contribution in [0.5, 0.6) is 0 Å². The third-order valence-electron chi connectivity index (χ3n) is 4.64. The molecule has 0 aromatic carbocycles. The van der Waals surface area contributed by atoms with Gasteiger partial charge in [0.05, 0.1) is 0 Å². The number of carboxylic acid groups (broad SMARTS) is 1. The highest BCUT2D eigenvalue weighted by molar-refractivity contribution is 8.14. The van der Waals surface area contributed by atoms with E-state index in [0.29, 0.717) is 17.6 Å². The summed E-state index contributed by atoms with van der Waals surface area (Å²) in [4.78, 5) is 21.8. The third kappa shape index (κ3) is 4.11. The van der Waals surface area contributed by atoms with Crippen molar-refractivity contribution in [2.75, 3.05) is 0 Å². The lowest BCUT2D eigenvalue weighted by Gasteiger charge is -2.29. The zero-order valence-electron chi connectivity index (χ0n) is 12.1. The van der Waals surface area contributed by atoms with Crippen LogP contribution in [0.1, 0.15) is 51.9 Å². The van der Waals surface area contributed by atoms with E-state index in [2.05, 4.69) is 12.2 Å². The summed E-state index contributed by atoms with van der Waals surface area (Å²) in [5.41, 5.74) is 0. The van der Waals surface area contributed by atoms with Crippen molar-refractivity contribution >= 4 is 22.8 Å². The van der Waals surface area contributed by atoms with Crippen LogP contribution in [-0.4, -0.2) is 21.4 Å². The van der Waals surface area contributed by atoms with Crippen LogP contribution in [0.3, 0.4) is 0 Å². The molecule has 2 aliphatic rings. The molecule has 20 heavy (non-hydrogen) atoms. The second-order valence-corrected chi connectivity index (χ2v) is 7.42. The molecule has 2 rings (SSSR count).